The fourth-order valence-corrected chi connectivity index (χ4v) is 3.94. The molecule has 1 fully saturated rings. The van der Waals surface area contributed by atoms with E-state index in [0.717, 1.165) is 18.7 Å². The van der Waals surface area contributed by atoms with Gasteiger partial charge in [-0.3, -0.25) is 9.59 Å². The highest BCUT2D eigenvalue weighted by molar-refractivity contribution is 6.46. The van der Waals surface area contributed by atoms with Crippen molar-refractivity contribution in [1.82, 2.24) is 9.80 Å². The number of ketones is 1. The summed E-state index contributed by atoms with van der Waals surface area (Å²) in [5.74, 6) is -0.741. The van der Waals surface area contributed by atoms with Gasteiger partial charge in [-0.2, -0.15) is 0 Å². The molecule has 1 amide bonds. The van der Waals surface area contributed by atoms with E-state index in [1.807, 2.05) is 37.3 Å². The Morgan fingerprint density at radius 1 is 1.03 bits per heavy atom. The Labute approximate surface area is 183 Å². The van der Waals surface area contributed by atoms with Crippen LogP contribution in [0.4, 0.5) is 0 Å². The second-order valence-corrected chi connectivity index (χ2v) is 7.39. The quantitative estimate of drug-likeness (QED) is 0.378. The average molecular weight is 423 g/mol. The lowest BCUT2D eigenvalue weighted by atomic mass is 9.95. The minimum Gasteiger partial charge on any atom is -0.507 e. The lowest BCUT2D eigenvalue weighted by Gasteiger charge is -2.28. The molecule has 1 N–H and O–H groups in total. The number of Topliss-reactive ketones (excluding diaryl/α,β-unsaturated/α-hetero) is 1. The summed E-state index contributed by atoms with van der Waals surface area (Å²) < 4.78 is 5.63. The first kappa shape index (κ1) is 22.6. The van der Waals surface area contributed by atoms with E-state index in [0.29, 0.717) is 31.0 Å². The molecule has 164 valence electrons. The maximum atomic E-state index is 13.1. The molecule has 2 aromatic carbocycles. The van der Waals surface area contributed by atoms with Crippen LogP contribution >= 0.6 is 0 Å². The van der Waals surface area contributed by atoms with Crippen molar-refractivity contribution in [3.05, 3.63) is 71.3 Å². The minimum atomic E-state index is -0.670. The van der Waals surface area contributed by atoms with Gasteiger partial charge >= 0.3 is 0 Å². The Hall–Kier alpha value is -3.12. The number of likely N-dealkylation sites (tertiary alicyclic amines) is 1. The number of nitrogens with zero attached hydrogens (tertiary/aromatic N) is 2. The fourth-order valence-electron chi connectivity index (χ4n) is 3.94. The van der Waals surface area contributed by atoms with Gasteiger partial charge in [0, 0.05) is 18.7 Å². The molecule has 0 radical (unpaired) electrons. The maximum absolute atomic E-state index is 13.1. The second kappa shape index (κ2) is 10.3. The summed E-state index contributed by atoms with van der Waals surface area (Å²) in [6.07, 6.45) is 0. The molecule has 0 saturated carbocycles. The summed E-state index contributed by atoms with van der Waals surface area (Å²) in [6, 6.07) is 15.6. The molecule has 1 saturated heterocycles. The van der Waals surface area contributed by atoms with Gasteiger partial charge < -0.3 is 19.6 Å². The van der Waals surface area contributed by atoms with Crippen LogP contribution in [-0.2, 0) is 9.59 Å². The van der Waals surface area contributed by atoms with Crippen molar-refractivity contribution >= 4 is 17.4 Å². The van der Waals surface area contributed by atoms with E-state index in [2.05, 4.69) is 18.7 Å². The van der Waals surface area contributed by atoms with Gasteiger partial charge in [0.05, 0.1) is 18.2 Å². The number of aliphatic hydroxyl groups is 1. The molecule has 1 heterocycles. The zero-order valence-electron chi connectivity index (χ0n) is 18.4. The maximum Gasteiger partial charge on any atom is 0.295 e. The fraction of sp³-hybridized carbons (Fsp3) is 0.360. The van der Waals surface area contributed by atoms with Crippen LogP contribution in [0.2, 0.25) is 0 Å². The minimum absolute atomic E-state index is 0.115. The van der Waals surface area contributed by atoms with E-state index < -0.39 is 17.7 Å². The number of hydrogen-bond donors (Lipinski definition) is 1. The largest absolute Gasteiger partial charge is 0.507 e. The van der Waals surface area contributed by atoms with Gasteiger partial charge in [0.1, 0.15) is 11.5 Å². The highest BCUT2D eigenvalue weighted by Crippen LogP contribution is 2.40. The number of benzene rings is 2. The van der Waals surface area contributed by atoms with E-state index >= 15 is 0 Å². The van der Waals surface area contributed by atoms with Crippen molar-refractivity contribution in [1.29, 1.82) is 0 Å². The molecule has 2 aromatic rings. The molecule has 6 heteroatoms. The number of carbonyl (C=O) groups is 2. The molecule has 6 nitrogen and oxygen atoms in total. The van der Waals surface area contributed by atoms with Crippen LogP contribution < -0.4 is 4.74 Å². The zero-order chi connectivity index (χ0) is 22.4. The molecule has 1 unspecified atom stereocenters. The van der Waals surface area contributed by atoms with Crippen LogP contribution in [0.15, 0.2) is 60.2 Å². The third-order valence-corrected chi connectivity index (χ3v) is 5.62. The molecule has 1 atom stereocenters. The number of hydrogen-bond acceptors (Lipinski definition) is 5. The van der Waals surface area contributed by atoms with Crippen LogP contribution in [-0.4, -0.2) is 59.4 Å². The van der Waals surface area contributed by atoms with Crippen LogP contribution in [0.25, 0.3) is 5.76 Å². The highest BCUT2D eigenvalue weighted by atomic mass is 16.5. The van der Waals surface area contributed by atoms with Crippen molar-refractivity contribution in [2.75, 3.05) is 32.8 Å². The summed E-state index contributed by atoms with van der Waals surface area (Å²) in [7, 11) is 0. The number of likely N-dealkylation sites (N-methyl/N-ethyl adjacent to an activating group) is 1. The SMILES string of the molecule is CCOc1cccc(C2/C(=C(\O)c3ccccc3)C(=O)C(=O)N2CCN(CC)CC)c1. The third kappa shape index (κ3) is 4.80. The Morgan fingerprint density at radius 3 is 2.39 bits per heavy atom. The first-order valence-electron chi connectivity index (χ1n) is 10.8. The first-order chi connectivity index (χ1) is 15.0. The topological polar surface area (TPSA) is 70.1 Å². The predicted octanol–water partition coefficient (Wildman–Crippen LogP) is 3.85. The van der Waals surface area contributed by atoms with Crippen molar-refractivity contribution in [3.8, 4) is 5.75 Å². The van der Waals surface area contributed by atoms with Crippen molar-refractivity contribution in [2.24, 2.45) is 0 Å². The second-order valence-electron chi connectivity index (χ2n) is 7.39. The van der Waals surface area contributed by atoms with Crippen molar-refractivity contribution < 1.29 is 19.4 Å². The lowest BCUT2D eigenvalue weighted by molar-refractivity contribution is -0.140. The standard InChI is InChI=1S/C25H30N2O4/c1-4-26(5-2)15-16-27-22(19-13-10-14-20(17-19)31-6-3)21(24(29)25(27)30)23(28)18-11-8-7-9-12-18/h7-14,17,22,28H,4-6,15-16H2,1-3H3/b23-21+. The molecule has 0 spiro atoms. The van der Waals surface area contributed by atoms with Gasteiger partial charge in [0.25, 0.3) is 11.7 Å². The Kier molecular flexibility index (Phi) is 7.47. The van der Waals surface area contributed by atoms with Crippen molar-refractivity contribution in [3.63, 3.8) is 0 Å². The van der Waals surface area contributed by atoms with Crippen LogP contribution in [0.3, 0.4) is 0 Å². The van der Waals surface area contributed by atoms with E-state index in [-0.39, 0.29) is 11.3 Å². The van der Waals surface area contributed by atoms with Crippen molar-refractivity contribution in [2.45, 2.75) is 26.8 Å². The van der Waals surface area contributed by atoms with E-state index in [4.69, 9.17) is 4.74 Å². The summed E-state index contributed by atoms with van der Waals surface area (Å²) in [4.78, 5) is 29.8. The summed E-state index contributed by atoms with van der Waals surface area (Å²) in [5, 5.41) is 11.0. The van der Waals surface area contributed by atoms with Gasteiger partial charge in [-0.05, 0) is 37.7 Å². The molecular weight excluding hydrogens is 392 g/mol. The molecule has 1 aliphatic rings. The van der Waals surface area contributed by atoms with E-state index in [1.54, 1.807) is 29.2 Å². The number of aliphatic hydroxyl groups excluding tert-OH is 1. The number of ether oxygens (including phenoxy) is 1. The summed E-state index contributed by atoms with van der Waals surface area (Å²) >= 11 is 0. The first-order valence-corrected chi connectivity index (χ1v) is 10.8. The van der Waals surface area contributed by atoms with Crippen LogP contribution in [0, 0.1) is 0 Å². The van der Waals surface area contributed by atoms with Gasteiger partial charge in [-0.15, -0.1) is 0 Å². The van der Waals surface area contributed by atoms with E-state index in [1.165, 1.54) is 0 Å². The van der Waals surface area contributed by atoms with Gasteiger partial charge in [-0.25, -0.2) is 0 Å². The monoisotopic (exact) mass is 422 g/mol. The molecule has 31 heavy (non-hydrogen) atoms. The number of amides is 1. The summed E-state index contributed by atoms with van der Waals surface area (Å²) in [5.41, 5.74) is 1.36. The number of carbonyl (C=O) groups excluding carboxylic acids is 2. The third-order valence-electron chi connectivity index (χ3n) is 5.62. The Balaban J connectivity index is 2.09. The predicted molar refractivity (Wildman–Crippen MR) is 121 cm³/mol. The zero-order valence-corrected chi connectivity index (χ0v) is 18.4. The Morgan fingerprint density at radius 2 is 1.74 bits per heavy atom. The molecule has 3 rings (SSSR count). The normalized spacial score (nSPS) is 18.1. The smallest absolute Gasteiger partial charge is 0.295 e. The van der Waals surface area contributed by atoms with E-state index in [9.17, 15) is 14.7 Å². The van der Waals surface area contributed by atoms with Crippen LogP contribution in [0.1, 0.15) is 37.9 Å². The molecule has 0 bridgehead atoms. The Bertz CT molecular complexity index is 951. The molecule has 0 aromatic heterocycles. The molecule has 0 aliphatic carbocycles. The highest BCUT2D eigenvalue weighted by Gasteiger charge is 2.46. The molecule has 1 aliphatic heterocycles. The van der Waals surface area contributed by atoms with Gasteiger partial charge in [0.15, 0.2) is 0 Å². The average Bonchev–Trinajstić information content (AvgIpc) is 3.05. The number of rotatable bonds is 9. The van der Waals surface area contributed by atoms with Gasteiger partial charge in [-0.1, -0.05) is 56.3 Å². The molecular formula is C25H30N2O4. The van der Waals surface area contributed by atoms with Gasteiger partial charge in [0.2, 0.25) is 0 Å². The lowest BCUT2D eigenvalue weighted by Crippen LogP contribution is -2.38. The van der Waals surface area contributed by atoms with Crippen LogP contribution in [0.5, 0.6) is 5.75 Å². The summed E-state index contributed by atoms with van der Waals surface area (Å²) in [6.45, 7) is 9.29.